The number of rotatable bonds is 7. The van der Waals surface area contributed by atoms with E-state index in [-0.39, 0.29) is 17.7 Å². The molecule has 1 aliphatic carbocycles. The summed E-state index contributed by atoms with van der Waals surface area (Å²) >= 11 is 6.03. The zero-order valence-electron chi connectivity index (χ0n) is 22.3. The Labute approximate surface area is 239 Å². The molecule has 1 heterocycles. The first-order valence-electron chi connectivity index (χ1n) is 13.7. The van der Waals surface area contributed by atoms with E-state index in [1.54, 1.807) is 0 Å². The van der Waals surface area contributed by atoms with Gasteiger partial charge in [-0.25, -0.2) is 0 Å². The van der Waals surface area contributed by atoms with Crippen LogP contribution in [-0.4, -0.2) is 12.4 Å². The number of para-hydroxylation sites is 2. The monoisotopic (exact) mass is 550 g/mol. The van der Waals surface area contributed by atoms with E-state index < -0.39 is 0 Å². The molecule has 2 atom stereocenters. The number of benzene rings is 4. The van der Waals surface area contributed by atoms with E-state index in [0.29, 0.717) is 36.2 Å². The third-order valence-electron chi connectivity index (χ3n) is 7.49. The Morgan fingerprint density at radius 3 is 2.33 bits per heavy atom. The van der Waals surface area contributed by atoms with Crippen molar-refractivity contribution in [2.24, 2.45) is 0 Å². The van der Waals surface area contributed by atoms with Crippen LogP contribution in [-0.2, 0) is 11.4 Å². The summed E-state index contributed by atoms with van der Waals surface area (Å²) in [4.78, 5) is 13.9. The Morgan fingerprint density at radius 1 is 0.800 bits per heavy atom. The maximum atomic E-state index is 13.9. The quantitative estimate of drug-likeness (QED) is 0.242. The van der Waals surface area contributed by atoms with Crippen LogP contribution in [0.4, 0.5) is 11.4 Å². The van der Waals surface area contributed by atoms with Crippen molar-refractivity contribution in [1.29, 1.82) is 0 Å². The van der Waals surface area contributed by atoms with Crippen molar-refractivity contribution in [3.63, 3.8) is 0 Å². The van der Waals surface area contributed by atoms with Gasteiger partial charge in [-0.3, -0.25) is 4.79 Å². The Balaban J connectivity index is 1.36. The van der Waals surface area contributed by atoms with Gasteiger partial charge in [0.2, 0.25) is 0 Å². The van der Waals surface area contributed by atoms with Crippen molar-refractivity contribution < 1.29 is 14.3 Å². The number of anilines is 2. The number of Topliss-reactive ketones (excluding diaryl/α,β-unsaturated/α-hetero) is 1. The molecule has 0 unspecified atom stereocenters. The molecule has 40 heavy (non-hydrogen) atoms. The van der Waals surface area contributed by atoms with Crippen LogP contribution >= 0.6 is 11.6 Å². The molecule has 5 nitrogen and oxygen atoms in total. The second-order valence-corrected chi connectivity index (χ2v) is 10.6. The molecule has 4 aromatic rings. The van der Waals surface area contributed by atoms with Gasteiger partial charge in [-0.15, -0.1) is 0 Å². The van der Waals surface area contributed by atoms with E-state index in [4.69, 9.17) is 21.1 Å². The molecule has 2 aliphatic rings. The summed E-state index contributed by atoms with van der Waals surface area (Å²) in [5, 5.41) is 7.97. The second kappa shape index (κ2) is 11.5. The average molecular weight is 551 g/mol. The third-order valence-corrected chi connectivity index (χ3v) is 7.74. The van der Waals surface area contributed by atoms with Crippen molar-refractivity contribution in [3.8, 4) is 11.5 Å². The van der Waals surface area contributed by atoms with E-state index in [2.05, 4.69) is 22.8 Å². The summed E-state index contributed by atoms with van der Waals surface area (Å²) in [5.41, 5.74) is 6.81. The van der Waals surface area contributed by atoms with Crippen LogP contribution in [0.3, 0.4) is 0 Å². The van der Waals surface area contributed by atoms with Gasteiger partial charge < -0.3 is 20.1 Å². The fourth-order valence-corrected chi connectivity index (χ4v) is 5.66. The summed E-state index contributed by atoms with van der Waals surface area (Å²) < 4.78 is 12.2. The fourth-order valence-electron chi connectivity index (χ4n) is 5.54. The molecular weight excluding hydrogens is 520 g/mol. The number of halogens is 1. The molecule has 0 saturated carbocycles. The average Bonchev–Trinajstić information content (AvgIpc) is 3.15. The molecule has 202 valence electrons. The van der Waals surface area contributed by atoms with Gasteiger partial charge in [0.1, 0.15) is 6.61 Å². The molecule has 0 bridgehead atoms. The predicted octanol–water partition coefficient (Wildman–Crippen LogP) is 8.30. The number of nitrogens with one attached hydrogen (secondary N) is 2. The Bertz CT molecular complexity index is 1550. The van der Waals surface area contributed by atoms with Crippen LogP contribution in [0.15, 0.2) is 108 Å². The van der Waals surface area contributed by atoms with E-state index in [0.717, 1.165) is 40.2 Å². The largest absolute Gasteiger partial charge is 0.490 e. The summed E-state index contributed by atoms with van der Waals surface area (Å²) in [6.45, 7) is 2.84. The molecule has 0 saturated heterocycles. The molecule has 4 aromatic carbocycles. The Kier molecular flexibility index (Phi) is 7.47. The molecule has 2 N–H and O–H groups in total. The Morgan fingerprint density at radius 2 is 1.55 bits per heavy atom. The number of allylic oxidation sites excluding steroid dienone is 1. The van der Waals surface area contributed by atoms with E-state index in [9.17, 15) is 4.79 Å². The number of carbonyl (C=O) groups excluding carboxylic acids is 1. The predicted molar refractivity (Wildman–Crippen MR) is 160 cm³/mol. The van der Waals surface area contributed by atoms with E-state index in [1.165, 1.54) is 5.56 Å². The van der Waals surface area contributed by atoms with E-state index in [1.807, 2.05) is 91.9 Å². The van der Waals surface area contributed by atoms with Crippen molar-refractivity contribution in [2.45, 2.75) is 38.3 Å². The minimum Gasteiger partial charge on any atom is -0.490 e. The van der Waals surface area contributed by atoms with Gasteiger partial charge in [-0.2, -0.15) is 0 Å². The second-order valence-electron chi connectivity index (χ2n) is 10.1. The first-order valence-corrected chi connectivity index (χ1v) is 14.0. The van der Waals surface area contributed by atoms with Crippen LogP contribution in [0.1, 0.15) is 48.4 Å². The highest BCUT2D eigenvalue weighted by Gasteiger charge is 2.36. The van der Waals surface area contributed by atoms with Gasteiger partial charge in [-0.1, -0.05) is 72.3 Å². The smallest absolute Gasteiger partial charge is 0.163 e. The third kappa shape index (κ3) is 5.43. The first kappa shape index (κ1) is 26.0. The number of fused-ring (bicyclic) bond motifs is 1. The lowest BCUT2D eigenvalue weighted by molar-refractivity contribution is -0.116. The summed E-state index contributed by atoms with van der Waals surface area (Å²) in [7, 11) is 0. The van der Waals surface area contributed by atoms with E-state index >= 15 is 0 Å². The van der Waals surface area contributed by atoms with Gasteiger partial charge in [-0.05, 0) is 72.4 Å². The van der Waals surface area contributed by atoms with Gasteiger partial charge >= 0.3 is 0 Å². The van der Waals surface area contributed by atoms with Crippen molar-refractivity contribution in [1.82, 2.24) is 0 Å². The zero-order valence-corrected chi connectivity index (χ0v) is 23.1. The van der Waals surface area contributed by atoms with Crippen LogP contribution in [0.25, 0.3) is 0 Å². The Hall–Kier alpha value is -4.22. The topological polar surface area (TPSA) is 59.6 Å². The lowest BCUT2D eigenvalue weighted by atomic mass is 9.78. The molecular formula is C34H31ClN2O3. The highest BCUT2D eigenvalue weighted by molar-refractivity contribution is 6.30. The number of hydrogen-bond acceptors (Lipinski definition) is 5. The van der Waals surface area contributed by atoms with Crippen LogP contribution in [0.2, 0.25) is 5.02 Å². The first-order chi connectivity index (χ1) is 19.6. The van der Waals surface area contributed by atoms with Gasteiger partial charge in [0.15, 0.2) is 17.3 Å². The lowest BCUT2D eigenvalue weighted by Gasteiger charge is -2.30. The lowest BCUT2D eigenvalue weighted by Crippen LogP contribution is -2.26. The maximum absolute atomic E-state index is 13.9. The van der Waals surface area contributed by atoms with Gasteiger partial charge in [0.25, 0.3) is 0 Å². The molecule has 0 spiro atoms. The normalized spacial score (nSPS) is 18.1. The standard InChI is InChI=1S/C34H31ClN2O3/c1-2-39-32-20-24(14-17-31(32)40-21-22-12-15-26(35)16-13-22)34-33-29(36-27-10-6-7-11-28(27)37-34)18-25(19-30(33)38)23-8-4-3-5-9-23/h3-17,20,25,34,36-37H,2,18-19,21H2,1H3/t25-,34-/m1/s1. The SMILES string of the molecule is CCOc1cc([C@H]2Nc3ccccc3NC3=C2C(=O)C[C@H](c2ccccc2)C3)ccc1OCc1ccc(Cl)cc1. The van der Waals surface area contributed by atoms with Crippen LogP contribution in [0.5, 0.6) is 11.5 Å². The van der Waals surface area contributed by atoms with Crippen LogP contribution in [0, 0.1) is 0 Å². The molecule has 0 amide bonds. The summed E-state index contributed by atoms with van der Waals surface area (Å²) in [6.07, 6.45) is 1.23. The number of carbonyl (C=O) groups is 1. The number of ether oxygens (including phenoxy) is 2. The fraction of sp³-hybridized carbons (Fsp3) is 0.206. The molecule has 6 heteroatoms. The zero-order chi connectivity index (χ0) is 27.5. The molecule has 0 radical (unpaired) electrons. The van der Waals surface area contributed by atoms with Gasteiger partial charge in [0.05, 0.1) is 24.0 Å². The number of ketones is 1. The maximum Gasteiger partial charge on any atom is 0.163 e. The van der Waals surface area contributed by atoms with Crippen molar-refractivity contribution in [3.05, 3.63) is 130 Å². The molecule has 1 aliphatic heterocycles. The van der Waals surface area contributed by atoms with Gasteiger partial charge in [0, 0.05) is 22.7 Å². The highest BCUT2D eigenvalue weighted by Crippen LogP contribution is 2.45. The summed E-state index contributed by atoms with van der Waals surface area (Å²) in [5.74, 6) is 1.58. The number of hydrogen-bond donors (Lipinski definition) is 2. The summed E-state index contributed by atoms with van der Waals surface area (Å²) in [6, 6.07) is 31.6. The van der Waals surface area contributed by atoms with Crippen molar-refractivity contribution in [2.75, 3.05) is 17.2 Å². The molecule has 6 rings (SSSR count). The van der Waals surface area contributed by atoms with Crippen LogP contribution < -0.4 is 20.1 Å². The molecule has 0 aromatic heterocycles. The highest BCUT2D eigenvalue weighted by atomic mass is 35.5. The van der Waals surface area contributed by atoms with Crippen molar-refractivity contribution >= 4 is 28.8 Å². The minimum absolute atomic E-state index is 0.133. The molecule has 0 fully saturated rings. The minimum atomic E-state index is -0.333.